The summed E-state index contributed by atoms with van der Waals surface area (Å²) in [7, 11) is 1.70. The number of benzene rings is 2. The molecule has 120 valence electrons. The highest BCUT2D eigenvalue weighted by Crippen LogP contribution is 2.29. The monoisotopic (exact) mass is 307 g/mol. The summed E-state index contributed by atoms with van der Waals surface area (Å²) in [5.41, 5.74) is 7.22. The quantitative estimate of drug-likeness (QED) is 0.776. The number of aryl methyl sites for hydroxylation is 4. The zero-order chi connectivity index (χ0) is 17.0. The van der Waals surface area contributed by atoms with E-state index in [4.69, 9.17) is 4.74 Å². The van der Waals surface area contributed by atoms with Gasteiger partial charge in [-0.3, -0.25) is 0 Å². The summed E-state index contributed by atoms with van der Waals surface area (Å²) in [5.74, 6) is 0.807. The third-order valence-electron chi connectivity index (χ3n) is 4.41. The van der Waals surface area contributed by atoms with Crippen molar-refractivity contribution in [3.63, 3.8) is 0 Å². The lowest BCUT2D eigenvalue weighted by atomic mass is 9.86. The minimum Gasteiger partial charge on any atom is -0.496 e. The summed E-state index contributed by atoms with van der Waals surface area (Å²) < 4.78 is 5.39. The molecule has 0 bridgehead atoms. The summed E-state index contributed by atoms with van der Waals surface area (Å²) in [6.45, 7) is 8.43. The Bertz CT molecular complexity index is 717. The maximum Gasteiger partial charge on any atom is 0.122 e. The second-order valence-electron chi connectivity index (χ2n) is 6.20. The Hall–Kier alpha value is -2.27. The summed E-state index contributed by atoms with van der Waals surface area (Å²) >= 11 is 0. The Morgan fingerprint density at radius 2 is 1.74 bits per heavy atom. The first kappa shape index (κ1) is 17.1. The highest BCUT2D eigenvalue weighted by molar-refractivity contribution is 5.44. The maximum absolute atomic E-state index is 9.71. The second-order valence-corrected chi connectivity index (χ2v) is 6.20. The zero-order valence-corrected chi connectivity index (χ0v) is 14.7. The fourth-order valence-electron chi connectivity index (χ4n) is 3.42. The molecule has 1 unspecified atom stereocenters. The van der Waals surface area contributed by atoms with E-state index in [0.717, 1.165) is 18.6 Å². The van der Waals surface area contributed by atoms with Crippen molar-refractivity contribution in [2.24, 2.45) is 0 Å². The molecule has 23 heavy (non-hydrogen) atoms. The van der Waals surface area contributed by atoms with Crippen LogP contribution in [-0.4, -0.2) is 7.11 Å². The molecular weight excluding hydrogens is 282 g/mol. The van der Waals surface area contributed by atoms with Crippen LogP contribution in [0.2, 0.25) is 0 Å². The number of hydrogen-bond donors (Lipinski definition) is 0. The topological polar surface area (TPSA) is 33.0 Å². The van der Waals surface area contributed by atoms with Crippen molar-refractivity contribution in [3.8, 4) is 11.8 Å². The van der Waals surface area contributed by atoms with Gasteiger partial charge >= 0.3 is 0 Å². The molecule has 0 aliphatic heterocycles. The number of nitrogens with zero attached hydrogens (tertiary/aromatic N) is 1. The average Bonchev–Trinajstić information content (AvgIpc) is 2.52. The Morgan fingerprint density at radius 1 is 1.09 bits per heavy atom. The van der Waals surface area contributed by atoms with Crippen molar-refractivity contribution < 1.29 is 4.74 Å². The van der Waals surface area contributed by atoms with E-state index in [2.05, 4.69) is 58.0 Å². The van der Waals surface area contributed by atoms with E-state index in [0.29, 0.717) is 0 Å². The smallest absolute Gasteiger partial charge is 0.122 e. The van der Waals surface area contributed by atoms with Crippen molar-refractivity contribution in [1.29, 1.82) is 5.26 Å². The van der Waals surface area contributed by atoms with E-state index in [1.165, 1.54) is 33.4 Å². The molecule has 0 amide bonds. The average molecular weight is 307 g/mol. The van der Waals surface area contributed by atoms with Gasteiger partial charge in [0, 0.05) is 0 Å². The van der Waals surface area contributed by atoms with Crippen LogP contribution in [0.4, 0.5) is 0 Å². The van der Waals surface area contributed by atoms with Gasteiger partial charge in [-0.05, 0) is 67.5 Å². The minimum absolute atomic E-state index is 0.117. The van der Waals surface area contributed by atoms with Crippen LogP contribution in [0.3, 0.4) is 0 Å². The molecule has 2 nitrogen and oxygen atoms in total. The molecule has 0 aliphatic rings. The molecule has 0 N–H and O–H groups in total. The minimum atomic E-state index is -0.117. The number of ether oxygens (including phenoxy) is 1. The van der Waals surface area contributed by atoms with Crippen LogP contribution in [0.15, 0.2) is 30.3 Å². The van der Waals surface area contributed by atoms with E-state index in [9.17, 15) is 5.26 Å². The molecule has 2 aromatic rings. The van der Waals surface area contributed by atoms with Gasteiger partial charge in [0.2, 0.25) is 0 Å². The van der Waals surface area contributed by atoms with Gasteiger partial charge in [0.05, 0.1) is 19.1 Å². The first-order valence-electron chi connectivity index (χ1n) is 8.13. The van der Waals surface area contributed by atoms with Gasteiger partial charge in [-0.2, -0.15) is 5.26 Å². The lowest BCUT2D eigenvalue weighted by Crippen LogP contribution is -2.06. The molecule has 0 aliphatic carbocycles. The van der Waals surface area contributed by atoms with Crippen molar-refractivity contribution in [2.75, 3.05) is 7.11 Å². The molecule has 2 rings (SSSR count). The van der Waals surface area contributed by atoms with Crippen LogP contribution in [0.5, 0.6) is 5.75 Å². The summed E-state index contributed by atoms with van der Waals surface area (Å²) in [6.07, 6.45) is 1.66. The first-order chi connectivity index (χ1) is 11.0. The predicted octanol–water partition coefficient (Wildman–Crippen LogP) is 5.03. The van der Waals surface area contributed by atoms with E-state index < -0.39 is 0 Å². The van der Waals surface area contributed by atoms with Crippen molar-refractivity contribution >= 4 is 0 Å². The van der Waals surface area contributed by atoms with Crippen LogP contribution in [-0.2, 0) is 12.8 Å². The van der Waals surface area contributed by atoms with Crippen molar-refractivity contribution in [2.45, 2.75) is 46.5 Å². The fourth-order valence-corrected chi connectivity index (χ4v) is 3.42. The SMILES string of the molecule is CCc1cc(CC(C#N)c2c(C)cc(C)cc2C)ccc1OC. The third kappa shape index (κ3) is 3.74. The molecule has 2 aromatic carbocycles. The Labute approximate surface area is 139 Å². The summed E-state index contributed by atoms with van der Waals surface area (Å²) in [6, 6.07) is 13.1. The van der Waals surface area contributed by atoms with Gasteiger partial charge in [-0.1, -0.05) is 36.8 Å². The van der Waals surface area contributed by atoms with Crippen LogP contribution in [0.1, 0.15) is 46.2 Å². The molecule has 0 fully saturated rings. The van der Waals surface area contributed by atoms with Gasteiger partial charge in [-0.15, -0.1) is 0 Å². The lowest BCUT2D eigenvalue weighted by molar-refractivity contribution is 0.410. The normalized spacial score (nSPS) is 11.8. The van der Waals surface area contributed by atoms with E-state index in [1.54, 1.807) is 7.11 Å². The predicted molar refractivity (Wildman–Crippen MR) is 95.1 cm³/mol. The molecule has 0 spiro atoms. The highest BCUT2D eigenvalue weighted by atomic mass is 16.5. The largest absolute Gasteiger partial charge is 0.496 e. The molecule has 1 atom stereocenters. The van der Waals surface area contributed by atoms with E-state index >= 15 is 0 Å². The molecule has 2 heteroatoms. The van der Waals surface area contributed by atoms with Gasteiger partial charge < -0.3 is 4.74 Å². The lowest BCUT2D eigenvalue weighted by Gasteiger charge is -2.17. The van der Waals surface area contributed by atoms with E-state index in [1.807, 2.05) is 6.07 Å². The van der Waals surface area contributed by atoms with Crippen molar-refractivity contribution in [3.05, 3.63) is 63.7 Å². The van der Waals surface area contributed by atoms with Gasteiger partial charge in [0.15, 0.2) is 0 Å². The van der Waals surface area contributed by atoms with Gasteiger partial charge in [0.25, 0.3) is 0 Å². The highest BCUT2D eigenvalue weighted by Gasteiger charge is 2.17. The molecule has 0 aromatic heterocycles. The number of hydrogen-bond acceptors (Lipinski definition) is 2. The first-order valence-corrected chi connectivity index (χ1v) is 8.13. The molecule has 0 saturated heterocycles. The molecule has 0 heterocycles. The summed E-state index contributed by atoms with van der Waals surface area (Å²) in [4.78, 5) is 0. The van der Waals surface area contributed by atoms with Crippen LogP contribution in [0.25, 0.3) is 0 Å². The fraction of sp³-hybridized carbons (Fsp3) is 0.381. The van der Waals surface area contributed by atoms with Gasteiger partial charge in [-0.25, -0.2) is 0 Å². The molecular formula is C21H25NO. The second kappa shape index (κ2) is 7.33. The Balaban J connectivity index is 2.36. The standard InChI is InChI=1S/C21H25NO/c1-6-18-11-17(7-8-20(18)23-5)12-19(13-22)21-15(3)9-14(2)10-16(21)4/h7-11,19H,6,12H2,1-5H3. The summed E-state index contributed by atoms with van der Waals surface area (Å²) in [5, 5.41) is 9.71. The van der Waals surface area contributed by atoms with Crippen LogP contribution < -0.4 is 4.74 Å². The van der Waals surface area contributed by atoms with Crippen LogP contribution in [0, 0.1) is 32.1 Å². The van der Waals surface area contributed by atoms with Crippen molar-refractivity contribution in [1.82, 2.24) is 0 Å². The third-order valence-corrected chi connectivity index (χ3v) is 4.41. The molecule has 0 radical (unpaired) electrons. The van der Waals surface area contributed by atoms with Crippen LogP contribution >= 0.6 is 0 Å². The number of rotatable bonds is 5. The maximum atomic E-state index is 9.71. The Kier molecular flexibility index (Phi) is 5.45. The zero-order valence-electron chi connectivity index (χ0n) is 14.7. The van der Waals surface area contributed by atoms with E-state index in [-0.39, 0.29) is 5.92 Å². The Morgan fingerprint density at radius 3 is 2.26 bits per heavy atom. The van der Waals surface area contributed by atoms with Gasteiger partial charge in [0.1, 0.15) is 5.75 Å². The molecule has 0 saturated carbocycles. The number of methoxy groups -OCH3 is 1. The number of nitriles is 1.